The Kier molecular flexibility index (Phi) is 3.16. The number of anilines is 1. The average Bonchev–Trinajstić information content (AvgIpc) is 2.56. The van der Waals surface area contributed by atoms with E-state index in [1.165, 1.54) is 16.2 Å². The van der Waals surface area contributed by atoms with E-state index in [0.29, 0.717) is 17.2 Å². The van der Waals surface area contributed by atoms with Crippen molar-refractivity contribution < 1.29 is 9.53 Å². The lowest BCUT2D eigenvalue weighted by molar-refractivity contribution is 0.0533. The first kappa shape index (κ1) is 11.4. The molecule has 0 saturated carbocycles. The third-order valence-corrected chi connectivity index (χ3v) is 3.96. The smallest absolute Gasteiger partial charge is 0.350 e. The minimum Gasteiger partial charge on any atom is -0.462 e. The lowest BCUT2D eigenvalue weighted by Gasteiger charge is -2.22. The molecule has 0 aliphatic carbocycles. The molecule has 0 atom stereocenters. The minimum absolute atomic E-state index is 0.290. The van der Waals surface area contributed by atoms with Crippen molar-refractivity contribution in [2.24, 2.45) is 0 Å². The summed E-state index contributed by atoms with van der Waals surface area (Å²) < 4.78 is 4.99. The molecule has 1 aromatic heterocycles. The summed E-state index contributed by atoms with van der Waals surface area (Å²) in [5, 5.41) is 0. The maximum Gasteiger partial charge on any atom is 0.350 e. The molecular weight excluding hydrogens is 224 g/mol. The highest BCUT2D eigenvalue weighted by Crippen LogP contribution is 2.35. The van der Waals surface area contributed by atoms with Crippen LogP contribution in [0.5, 0.6) is 0 Å². The number of thiophene rings is 1. The summed E-state index contributed by atoms with van der Waals surface area (Å²) >= 11 is 1.47. The summed E-state index contributed by atoms with van der Waals surface area (Å²) in [7, 11) is 2.07. The van der Waals surface area contributed by atoms with Gasteiger partial charge in [0.2, 0.25) is 0 Å². The summed E-state index contributed by atoms with van der Waals surface area (Å²) in [4.78, 5) is 15.7. The van der Waals surface area contributed by atoms with E-state index in [-0.39, 0.29) is 5.97 Å². The number of nitrogen functional groups attached to an aromatic ring is 1. The lowest BCUT2D eigenvalue weighted by atomic mass is 10.1. The Labute approximate surface area is 99.0 Å². The second-order valence-corrected chi connectivity index (χ2v) is 5.06. The third kappa shape index (κ3) is 1.92. The van der Waals surface area contributed by atoms with Crippen LogP contribution >= 0.6 is 11.3 Å². The molecule has 5 heteroatoms. The van der Waals surface area contributed by atoms with Gasteiger partial charge in [-0.05, 0) is 26.0 Å². The number of carbonyl (C=O) groups is 1. The van der Waals surface area contributed by atoms with Crippen molar-refractivity contribution >= 4 is 23.0 Å². The van der Waals surface area contributed by atoms with E-state index in [0.717, 1.165) is 25.1 Å². The maximum absolute atomic E-state index is 11.7. The van der Waals surface area contributed by atoms with Crippen molar-refractivity contribution in [2.75, 3.05) is 25.9 Å². The minimum atomic E-state index is -0.290. The standard InChI is InChI=1S/C11H16N2O2S/c1-3-15-11(14)10-9(12)7-4-5-13(2)6-8(7)16-10/h3-6,12H2,1-2H3. The fraction of sp³-hybridized carbons (Fsp3) is 0.545. The Morgan fingerprint density at radius 2 is 2.38 bits per heavy atom. The fourth-order valence-corrected chi connectivity index (χ4v) is 3.15. The summed E-state index contributed by atoms with van der Waals surface area (Å²) in [6.07, 6.45) is 0.924. The van der Waals surface area contributed by atoms with E-state index >= 15 is 0 Å². The number of hydrogen-bond donors (Lipinski definition) is 1. The maximum atomic E-state index is 11.7. The summed E-state index contributed by atoms with van der Waals surface area (Å²) in [6, 6.07) is 0. The molecule has 0 spiro atoms. The van der Waals surface area contributed by atoms with Gasteiger partial charge in [0.05, 0.1) is 12.3 Å². The van der Waals surface area contributed by atoms with Crippen molar-refractivity contribution in [2.45, 2.75) is 19.9 Å². The quantitative estimate of drug-likeness (QED) is 0.796. The van der Waals surface area contributed by atoms with Gasteiger partial charge in [0, 0.05) is 18.0 Å². The van der Waals surface area contributed by atoms with Crippen LogP contribution < -0.4 is 5.73 Å². The van der Waals surface area contributed by atoms with E-state index in [4.69, 9.17) is 10.5 Å². The van der Waals surface area contributed by atoms with Crippen LogP contribution in [-0.4, -0.2) is 31.1 Å². The monoisotopic (exact) mass is 240 g/mol. The number of fused-ring (bicyclic) bond motifs is 1. The van der Waals surface area contributed by atoms with Gasteiger partial charge in [0.15, 0.2) is 0 Å². The number of ether oxygens (including phenoxy) is 1. The fourth-order valence-electron chi connectivity index (χ4n) is 1.90. The van der Waals surface area contributed by atoms with E-state index in [1.807, 2.05) is 0 Å². The zero-order valence-corrected chi connectivity index (χ0v) is 10.4. The van der Waals surface area contributed by atoms with Crippen molar-refractivity contribution in [3.8, 4) is 0 Å². The Hall–Kier alpha value is -1.07. The van der Waals surface area contributed by atoms with Gasteiger partial charge >= 0.3 is 5.97 Å². The predicted octanol–water partition coefficient (Wildman–Crippen LogP) is 1.49. The Balaban J connectivity index is 2.32. The van der Waals surface area contributed by atoms with Gasteiger partial charge in [0.1, 0.15) is 4.88 Å². The zero-order valence-electron chi connectivity index (χ0n) is 9.58. The molecule has 0 amide bonds. The molecule has 2 rings (SSSR count). The molecule has 0 unspecified atom stereocenters. The normalized spacial score (nSPS) is 15.9. The molecule has 16 heavy (non-hydrogen) atoms. The number of esters is 1. The second kappa shape index (κ2) is 4.43. The van der Waals surface area contributed by atoms with Gasteiger partial charge in [-0.25, -0.2) is 4.79 Å². The lowest BCUT2D eigenvalue weighted by Crippen LogP contribution is -2.25. The summed E-state index contributed by atoms with van der Waals surface area (Å²) in [6.45, 7) is 4.07. The number of hydrogen-bond acceptors (Lipinski definition) is 5. The van der Waals surface area contributed by atoms with Crippen LogP contribution in [0.3, 0.4) is 0 Å². The highest BCUT2D eigenvalue weighted by atomic mass is 32.1. The largest absolute Gasteiger partial charge is 0.462 e. The van der Waals surface area contributed by atoms with E-state index in [9.17, 15) is 4.79 Å². The highest BCUT2D eigenvalue weighted by Gasteiger charge is 2.24. The van der Waals surface area contributed by atoms with Crippen LogP contribution in [0.1, 0.15) is 27.0 Å². The summed E-state index contributed by atoms with van der Waals surface area (Å²) in [5.74, 6) is -0.290. The van der Waals surface area contributed by atoms with E-state index in [2.05, 4.69) is 11.9 Å². The summed E-state index contributed by atoms with van der Waals surface area (Å²) in [5.41, 5.74) is 7.77. The van der Waals surface area contributed by atoms with Crippen molar-refractivity contribution in [3.63, 3.8) is 0 Å². The first-order valence-electron chi connectivity index (χ1n) is 5.39. The van der Waals surface area contributed by atoms with E-state index < -0.39 is 0 Å². The number of carbonyl (C=O) groups excluding carboxylic acids is 1. The van der Waals surface area contributed by atoms with Crippen molar-refractivity contribution in [3.05, 3.63) is 15.3 Å². The molecule has 2 heterocycles. The van der Waals surface area contributed by atoms with Crippen LogP contribution in [0.25, 0.3) is 0 Å². The molecule has 1 aliphatic heterocycles. The topological polar surface area (TPSA) is 55.6 Å². The molecule has 0 bridgehead atoms. The first-order chi connectivity index (χ1) is 7.63. The predicted molar refractivity (Wildman–Crippen MR) is 64.7 cm³/mol. The molecular formula is C11H16N2O2S. The number of nitrogens with two attached hydrogens (primary N) is 1. The van der Waals surface area contributed by atoms with Crippen LogP contribution in [0.4, 0.5) is 5.69 Å². The van der Waals surface area contributed by atoms with Gasteiger partial charge in [-0.3, -0.25) is 0 Å². The Morgan fingerprint density at radius 1 is 1.62 bits per heavy atom. The van der Waals surface area contributed by atoms with Crippen LogP contribution in [0.2, 0.25) is 0 Å². The van der Waals surface area contributed by atoms with Crippen molar-refractivity contribution in [1.29, 1.82) is 0 Å². The van der Waals surface area contributed by atoms with Gasteiger partial charge in [-0.15, -0.1) is 11.3 Å². The molecule has 0 radical (unpaired) electrons. The highest BCUT2D eigenvalue weighted by molar-refractivity contribution is 7.14. The number of nitrogens with zero attached hydrogens (tertiary/aromatic N) is 1. The van der Waals surface area contributed by atoms with Gasteiger partial charge < -0.3 is 15.4 Å². The Bertz CT molecular complexity index is 414. The number of rotatable bonds is 2. The average molecular weight is 240 g/mol. The third-order valence-electron chi connectivity index (χ3n) is 2.75. The molecule has 0 aromatic carbocycles. The van der Waals surface area contributed by atoms with Crippen LogP contribution in [-0.2, 0) is 17.7 Å². The second-order valence-electron chi connectivity index (χ2n) is 3.95. The van der Waals surface area contributed by atoms with Gasteiger partial charge in [-0.2, -0.15) is 0 Å². The molecule has 88 valence electrons. The van der Waals surface area contributed by atoms with E-state index in [1.54, 1.807) is 6.92 Å². The SMILES string of the molecule is CCOC(=O)c1sc2c(c1N)CCN(C)C2. The zero-order chi connectivity index (χ0) is 11.7. The van der Waals surface area contributed by atoms with Crippen LogP contribution in [0.15, 0.2) is 0 Å². The molecule has 4 nitrogen and oxygen atoms in total. The molecule has 1 aliphatic rings. The van der Waals surface area contributed by atoms with Gasteiger partial charge in [0.25, 0.3) is 0 Å². The molecule has 1 aromatic rings. The van der Waals surface area contributed by atoms with Gasteiger partial charge in [-0.1, -0.05) is 0 Å². The molecule has 0 saturated heterocycles. The number of likely N-dealkylation sites (N-methyl/N-ethyl adjacent to an activating group) is 1. The Morgan fingerprint density at radius 3 is 3.06 bits per heavy atom. The molecule has 0 fully saturated rings. The first-order valence-corrected chi connectivity index (χ1v) is 6.20. The van der Waals surface area contributed by atoms with Crippen LogP contribution in [0, 0.1) is 0 Å². The molecule has 2 N–H and O–H groups in total. The van der Waals surface area contributed by atoms with Crippen molar-refractivity contribution in [1.82, 2.24) is 4.90 Å².